The van der Waals surface area contributed by atoms with Crippen LogP contribution < -0.4 is 0 Å². The zero-order chi connectivity index (χ0) is 25.2. The molecule has 2 saturated heterocycles. The second kappa shape index (κ2) is 10.1. The van der Waals surface area contributed by atoms with Crippen LogP contribution in [0.1, 0.15) is 37.5 Å². The molecule has 0 bridgehead atoms. The number of benzene rings is 3. The average Bonchev–Trinajstić information content (AvgIpc) is 3.21. The zero-order valence-corrected chi connectivity index (χ0v) is 20.8. The molecular formula is C30H32O6. The first-order chi connectivity index (χ1) is 17.4. The molecule has 4 atom stereocenters. The van der Waals surface area contributed by atoms with Crippen LogP contribution in [0.25, 0.3) is 0 Å². The summed E-state index contributed by atoms with van der Waals surface area (Å²) in [4.78, 5) is 12.0. The fourth-order valence-corrected chi connectivity index (χ4v) is 5.17. The summed E-state index contributed by atoms with van der Waals surface area (Å²) in [6.07, 6.45) is -1.94. The molecule has 2 heterocycles. The first-order valence-electron chi connectivity index (χ1n) is 12.3. The third kappa shape index (κ3) is 4.82. The molecule has 0 amide bonds. The molecule has 3 aromatic carbocycles. The summed E-state index contributed by atoms with van der Waals surface area (Å²) >= 11 is 0. The topological polar surface area (TPSA) is 63.2 Å². The normalized spacial score (nSPS) is 25.2. The van der Waals surface area contributed by atoms with Crippen LogP contribution in [0.15, 0.2) is 91.0 Å². The van der Waals surface area contributed by atoms with E-state index in [-0.39, 0.29) is 18.7 Å². The minimum Gasteiger partial charge on any atom is -0.457 e. The highest BCUT2D eigenvalue weighted by atomic mass is 16.7. The van der Waals surface area contributed by atoms with E-state index in [1.807, 2.05) is 68.4 Å². The molecule has 0 spiro atoms. The van der Waals surface area contributed by atoms with E-state index in [9.17, 15) is 4.79 Å². The van der Waals surface area contributed by atoms with Crippen molar-refractivity contribution in [1.29, 1.82) is 0 Å². The Morgan fingerprint density at radius 1 is 0.889 bits per heavy atom. The molecule has 0 saturated carbocycles. The Morgan fingerprint density at radius 2 is 1.39 bits per heavy atom. The van der Waals surface area contributed by atoms with Crippen LogP contribution >= 0.6 is 0 Å². The number of carbonyl (C=O) groups is 1. The lowest BCUT2D eigenvalue weighted by molar-refractivity contribution is -0.300. The van der Waals surface area contributed by atoms with Crippen LogP contribution in [0.3, 0.4) is 0 Å². The molecule has 2 aliphatic heterocycles. The van der Waals surface area contributed by atoms with E-state index < -0.39 is 29.7 Å². The van der Waals surface area contributed by atoms with Crippen molar-refractivity contribution < 1.29 is 28.5 Å². The third-order valence-corrected chi connectivity index (χ3v) is 6.73. The maximum atomic E-state index is 12.0. The van der Waals surface area contributed by atoms with Gasteiger partial charge in [0.2, 0.25) is 0 Å². The monoisotopic (exact) mass is 488 g/mol. The lowest BCUT2D eigenvalue weighted by atomic mass is 9.80. The summed E-state index contributed by atoms with van der Waals surface area (Å²) in [6, 6.07) is 30.4. The molecule has 0 aromatic heterocycles. The lowest BCUT2D eigenvalue weighted by Crippen LogP contribution is -2.51. The molecule has 6 nitrogen and oxygen atoms in total. The van der Waals surface area contributed by atoms with E-state index in [4.69, 9.17) is 23.7 Å². The highest BCUT2D eigenvalue weighted by molar-refractivity contribution is 5.66. The van der Waals surface area contributed by atoms with Gasteiger partial charge in [0.05, 0.1) is 13.2 Å². The highest BCUT2D eigenvalue weighted by Crippen LogP contribution is 2.42. The minimum absolute atomic E-state index is 0.174. The maximum Gasteiger partial charge on any atom is 0.303 e. The molecule has 36 heavy (non-hydrogen) atoms. The van der Waals surface area contributed by atoms with E-state index in [1.54, 1.807) is 0 Å². The summed E-state index contributed by atoms with van der Waals surface area (Å²) in [5, 5.41) is 0. The van der Waals surface area contributed by atoms with E-state index in [2.05, 4.69) is 36.4 Å². The van der Waals surface area contributed by atoms with E-state index >= 15 is 0 Å². The van der Waals surface area contributed by atoms with Crippen molar-refractivity contribution in [1.82, 2.24) is 0 Å². The van der Waals surface area contributed by atoms with Crippen molar-refractivity contribution in [3.8, 4) is 0 Å². The number of rotatable bonds is 7. The summed E-state index contributed by atoms with van der Waals surface area (Å²) in [7, 11) is 0. The third-order valence-electron chi connectivity index (χ3n) is 6.73. The quantitative estimate of drug-likeness (QED) is 0.350. The van der Waals surface area contributed by atoms with Gasteiger partial charge in [-0.05, 0) is 30.5 Å². The van der Waals surface area contributed by atoms with Gasteiger partial charge in [0.1, 0.15) is 23.9 Å². The molecule has 0 aliphatic carbocycles. The molecule has 2 aliphatic rings. The smallest absolute Gasteiger partial charge is 0.303 e. The van der Waals surface area contributed by atoms with Crippen molar-refractivity contribution in [3.63, 3.8) is 0 Å². The van der Waals surface area contributed by atoms with E-state index in [0.717, 1.165) is 16.7 Å². The Balaban J connectivity index is 1.53. The fourth-order valence-electron chi connectivity index (χ4n) is 5.17. The van der Waals surface area contributed by atoms with E-state index in [1.165, 1.54) is 6.92 Å². The summed E-state index contributed by atoms with van der Waals surface area (Å²) in [5.41, 5.74) is 2.06. The number of hydrogen-bond donors (Lipinski definition) is 0. The largest absolute Gasteiger partial charge is 0.457 e. The molecule has 3 aromatic rings. The van der Waals surface area contributed by atoms with Crippen LogP contribution in [0.2, 0.25) is 0 Å². The van der Waals surface area contributed by atoms with Gasteiger partial charge in [-0.15, -0.1) is 0 Å². The van der Waals surface area contributed by atoms with Crippen LogP contribution in [0.5, 0.6) is 0 Å². The fraction of sp³-hybridized carbons (Fsp3) is 0.367. The Bertz CT molecular complexity index is 1050. The molecule has 0 N–H and O–H groups in total. The Labute approximate surface area is 212 Å². The van der Waals surface area contributed by atoms with Gasteiger partial charge < -0.3 is 23.7 Å². The van der Waals surface area contributed by atoms with Crippen molar-refractivity contribution in [2.45, 2.75) is 56.6 Å². The predicted molar refractivity (Wildman–Crippen MR) is 134 cm³/mol. The summed E-state index contributed by atoms with van der Waals surface area (Å²) < 4.78 is 30.9. The molecule has 6 heteroatoms. The van der Waals surface area contributed by atoms with Crippen molar-refractivity contribution >= 4 is 5.97 Å². The molecular weight excluding hydrogens is 456 g/mol. The van der Waals surface area contributed by atoms with E-state index in [0.29, 0.717) is 6.61 Å². The van der Waals surface area contributed by atoms with Gasteiger partial charge in [-0.2, -0.15) is 0 Å². The highest BCUT2D eigenvalue weighted by Gasteiger charge is 2.53. The lowest BCUT2D eigenvalue weighted by Gasteiger charge is -2.38. The number of ether oxygens (including phenoxy) is 5. The molecule has 188 valence electrons. The maximum absolute atomic E-state index is 12.0. The van der Waals surface area contributed by atoms with Gasteiger partial charge >= 0.3 is 5.97 Å². The second-order valence-electron chi connectivity index (χ2n) is 9.67. The van der Waals surface area contributed by atoms with Crippen LogP contribution in [-0.2, 0) is 34.1 Å². The van der Waals surface area contributed by atoms with Gasteiger partial charge in [0.25, 0.3) is 0 Å². The minimum atomic E-state index is -0.904. The van der Waals surface area contributed by atoms with Crippen LogP contribution in [-0.4, -0.2) is 49.4 Å². The SMILES string of the molecule is CC(=O)OC1C(COC(c2ccccc2)(c2ccccc2)c2ccccc2)OC2COC(C)(C)OC21. The zero-order valence-electron chi connectivity index (χ0n) is 20.8. The second-order valence-corrected chi connectivity index (χ2v) is 9.67. The Morgan fingerprint density at radius 3 is 1.86 bits per heavy atom. The Kier molecular flexibility index (Phi) is 6.95. The van der Waals surface area contributed by atoms with Gasteiger partial charge in [0.15, 0.2) is 11.9 Å². The van der Waals surface area contributed by atoms with Crippen molar-refractivity contribution in [2.24, 2.45) is 0 Å². The standard InChI is InChI=1S/C30H32O6/c1-21(31)34-27-25(35-26-19-32-29(2,3)36-28(26)27)20-33-30(22-13-7-4-8-14-22,23-15-9-5-10-16-23)24-17-11-6-12-18-24/h4-18,25-28H,19-20H2,1-3H3. The summed E-state index contributed by atoms with van der Waals surface area (Å²) in [6.45, 7) is 5.63. The van der Waals surface area contributed by atoms with Crippen LogP contribution in [0.4, 0.5) is 0 Å². The molecule has 5 rings (SSSR count). The molecule has 4 unspecified atom stereocenters. The Hall–Kier alpha value is -3.03. The van der Waals surface area contributed by atoms with Gasteiger partial charge in [0, 0.05) is 6.92 Å². The molecule has 2 fully saturated rings. The van der Waals surface area contributed by atoms with Crippen molar-refractivity contribution in [2.75, 3.05) is 13.2 Å². The summed E-state index contributed by atoms with van der Waals surface area (Å²) in [5.74, 6) is -1.18. The van der Waals surface area contributed by atoms with Crippen molar-refractivity contribution in [3.05, 3.63) is 108 Å². The van der Waals surface area contributed by atoms with Gasteiger partial charge in [-0.1, -0.05) is 91.0 Å². The van der Waals surface area contributed by atoms with Gasteiger partial charge in [-0.3, -0.25) is 4.79 Å². The number of esters is 1. The first-order valence-corrected chi connectivity index (χ1v) is 12.3. The number of fused-ring (bicyclic) bond motifs is 1. The molecule has 0 radical (unpaired) electrons. The number of carbonyl (C=O) groups excluding carboxylic acids is 1. The first kappa shape index (κ1) is 24.7. The van der Waals surface area contributed by atoms with Gasteiger partial charge in [-0.25, -0.2) is 0 Å². The average molecular weight is 489 g/mol. The van der Waals surface area contributed by atoms with Crippen LogP contribution in [0, 0.1) is 0 Å². The number of hydrogen-bond acceptors (Lipinski definition) is 6. The predicted octanol–water partition coefficient (Wildman–Crippen LogP) is 4.85.